The first kappa shape index (κ1) is 20.8. The predicted molar refractivity (Wildman–Crippen MR) is 111 cm³/mol. The number of nitrogens with one attached hydrogen (secondary N) is 2. The molecule has 6 heteroatoms. The lowest BCUT2D eigenvalue weighted by Gasteiger charge is -2.08. The van der Waals surface area contributed by atoms with E-state index in [1.165, 1.54) is 18.6 Å². The van der Waals surface area contributed by atoms with E-state index in [0.717, 1.165) is 21.5 Å². The number of carbonyl (C=O) groups is 1. The predicted octanol–water partition coefficient (Wildman–Crippen LogP) is 6.34. The molecule has 3 rings (SSSR count). The van der Waals surface area contributed by atoms with E-state index in [4.69, 9.17) is 4.42 Å². The van der Waals surface area contributed by atoms with Gasteiger partial charge in [0.1, 0.15) is 17.2 Å². The van der Waals surface area contributed by atoms with Gasteiger partial charge in [-0.25, -0.2) is 9.18 Å². The van der Waals surface area contributed by atoms with Gasteiger partial charge in [0.2, 0.25) is 0 Å². The number of thioether (sulfide) groups is 1. The molecule has 0 radical (unpaired) electrons. The number of benzene rings is 2. The summed E-state index contributed by atoms with van der Waals surface area (Å²) in [7, 11) is 0. The normalized spacial score (nSPS) is 10.3. The summed E-state index contributed by atoms with van der Waals surface area (Å²) in [5.74, 6) is 0.306. The summed E-state index contributed by atoms with van der Waals surface area (Å²) in [5.41, 5.74) is 2.16. The van der Waals surface area contributed by atoms with Gasteiger partial charge < -0.3 is 15.1 Å². The van der Waals surface area contributed by atoms with Gasteiger partial charge in [-0.05, 0) is 49.6 Å². The standard InChI is InChI=1S/C18H17FN2O2S.C3H8/c1-11-15-8-12(19)6-7-16(15)23-17(11)10-20-18(22)21-13-4-3-5-14(9-13)24-2;1-3-2/h3-9H,10H2,1-2H3,(H2,20,21,22);3H2,1-2H3. The molecule has 0 spiro atoms. The van der Waals surface area contributed by atoms with Crippen LogP contribution in [0.15, 0.2) is 51.8 Å². The number of anilines is 1. The van der Waals surface area contributed by atoms with Gasteiger partial charge in [-0.15, -0.1) is 11.8 Å². The first-order valence-electron chi connectivity index (χ1n) is 8.84. The van der Waals surface area contributed by atoms with Gasteiger partial charge in [0.05, 0.1) is 6.54 Å². The molecule has 0 atom stereocenters. The van der Waals surface area contributed by atoms with Crippen LogP contribution in [0, 0.1) is 12.7 Å². The Bertz CT molecular complexity index is 908. The summed E-state index contributed by atoms with van der Waals surface area (Å²) in [6.45, 7) is 6.33. The molecular weight excluding hydrogens is 363 g/mol. The number of fused-ring (bicyclic) bond motifs is 1. The average Bonchev–Trinajstić information content (AvgIpc) is 2.96. The van der Waals surface area contributed by atoms with E-state index in [-0.39, 0.29) is 18.4 Å². The first-order chi connectivity index (χ1) is 13.0. The van der Waals surface area contributed by atoms with Crippen molar-refractivity contribution in [1.29, 1.82) is 0 Å². The summed E-state index contributed by atoms with van der Waals surface area (Å²) < 4.78 is 19.0. The minimum atomic E-state index is -0.320. The SMILES string of the molecule is CCC.CSc1cccc(NC(=O)NCc2oc3ccc(F)cc3c2C)c1. The monoisotopic (exact) mass is 388 g/mol. The molecular formula is C21H25FN2O2S. The third-order valence-electron chi connectivity index (χ3n) is 3.73. The van der Waals surface area contributed by atoms with Crippen LogP contribution < -0.4 is 10.6 Å². The Morgan fingerprint density at radius 2 is 1.93 bits per heavy atom. The maximum absolute atomic E-state index is 13.3. The molecule has 144 valence electrons. The van der Waals surface area contributed by atoms with Gasteiger partial charge in [-0.1, -0.05) is 26.3 Å². The van der Waals surface area contributed by atoms with Crippen molar-refractivity contribution < 1.29 is 13.6 Å². The Morgan fingerprint density at radius 3 is 2.63 bits per heavy atom. The van der Waals surface area contributed by atoms with E-state index in [1.54, 1.807) is 17.8 Å². The molecule has 2 N–H and O–H groups in total. The Kier molecular flexibility index (Phi) is 7.73. The summed E-state index contributed by atoms with van der Waals surface area (Å²) in [6.07, 6.45) is 3.23. The Balaban J connectivity index is 0.000000817. The fraction of sp³-hybridized carbons (Fsp3) is 0.286. The summed E-state index contributed by atoms with van der Waals surface area (Å²) >= 11 is 1.61. The first-order valence-corrected chi connectivity index (χ1v) is 10.1. The number of hydrogen-bond acceptors (Lipinski definition) is 3. The van der Waals surface area contributed by atoms with E-state index in [9.17, 15) is 9.18 Å². The van der Waals surface area contributed by atoms with Crippen molar-refractivity contribution in [2.24, 2.45) is 0 Å². The zero-order valence-corrected chi connectivity index (χ0v) is 16.9. The minimum Gasteiger partial charge on any atom is -0.459 e. The second-order valence-electron chi connectivity index (χ2n) is 6.04. The smallest absolute Gasteiger partial charge is 0.319 e. The molecule has 0 saturated heterocycles. The molecule has 3 aromatic rings. The Morgan fingerprint density at radius 1 is 1.19 bits per heavy atom. The van der Waals surface area contributed by atoms with Gasteiger partial charge in [-0.2, -0.15) is 0 Å². The number of aryl methyl sites for hydroxylation is 1. The number of rotatable bonds is 4. The number of furan rings is 1. The van der Waals surface area contributed by atoms with Gasteiger partial charge in [0.25, 0.3) is 0 Å². The van der Waals surface area contributed by atoms with Crippen molar-refractivity contribution in [1.82, 2.24) is 5.32 Å². The molecule has 0 bridgehead atoms. The molecule has 0 fully saturated rings. The van der Waals surface area contributed by atoms with Crippen molar-refractivity contribution in [3.63, 3.8) is 0 Å². The van der Waals surface area contributed by atoms with Crippen LogP contribution >= 0.6 is 11.8 Å². The topological polar surface area (TPSA) is 54.3 Å². The Labute approximate surface area is 163 Å². The molecule has 0 aliphatic carbocycles. The Hall–Kier alpha value is -2.47. The lowest BCUT2D eigenvalue weighted by atomic mass is 10.1. The molecule has 27 heavy (non-hydrogen) atoms. The van der Waals surface area contributed by atoms with Crippen LogP contribution in [-0.4, -0.2) is 12.3 Å². The van der Waals surface area contributed by atoms with E-state index >= 15 is 0 Å². The molecule has 0 aliphatic rings. The van der Waals surface area contributed by atoms with Crippen LogP contribution in [0.5, 0.6) is 0 Å². The summed E-state index contributed by atoms with van der Waals surface area (Å²) in [6, 6.07) is 11.7. The molecule has 0 saturated carbocycles. The lowest BCUT2D eigenvalue weighted by Crippen LogP contribution is -2.28. The molecule has 1 aromatic heterocycles. The highest BCUT2D eigenvalue weighted by molar-refractivity contribution is 7.98. The largest absolute Gasteiger partial charge is 0.459 e. The zero-order valence-electron chi connectivity index (χ0n) is 16.1. The van der Waals surface area contributed by atoms with Crippen molar-refractivity contribution in [3.8, 4) is 0 Å². The van der Waals surface area contributed by atoms with Crippen LogP contribution in [0.2, 0.25) is 0 Å². The average molecular weight is 389 g/mol. The fourth-order valence-corrected chi connectivity index (χ4v) is 2.91. The van der Waals surface area contributed by atoms with Crippen LogP contribution in [0.25, 0.3) is 11.0 Å². The highest BCUT2D eigenvalue weighted by Crippen LogP contribution is 2.26. The van der Waals surface area contributed by atoms with Crippen LogP contribution in [0.3, 0.4) is 0 Å². The number of hydrogen-bond donors (Lipinski definition) is 2. The number of amides is 2. The number of urea groups is 1. The lowest BCUT2D eigenvalue weighted by molar-refractivity contribution is 0.251. The third-order valence-corrected chi connectivity index (χ3v) is 4.46. The maximum atomic E-state index is 13.3. The maximum Gasteiger partial charge on any atom is 0.319 e. The van der Waals surface area contributed by atoms with Gasteiger partial charge >= 0.3 is 6.03 Å². The van der Waals surface area contributed by atoms with E-state index in [2.05, 4.69) is 24.5 Å². The van der Waals surface area contributed by atoms with E-state index in [0.29, 0.717) is 11.3 Å². The quantitative estimate of drug-likeness (QED) is 0.513. The van der Waals surface area contributed by atoms with Gasteiger partial charge in [-0.3, -0.25) is 0 Å². The van der Waals surface area contributed by atoms with Crippen LogP contribution in [0.1, 0.15) is 31.6 Å². The van der Waals surface area contributed by atoms with Crippen molar-refractivity contribution >= 4 is 34.4 Å². The van der Waals surface area contributed by atoms with Crippen LogP contribution in [-0.2, 0) is 6.54 Å². The van der Waals surface area contributed by atoms with E-state index in [1.807, 2.05) is 37.4 Å². The summed E-state index contributed by atoms with van der Waals surface area (Å²) in [5, 5.41) is 6.26. The summed E-state index contributed by atoms with van der Waals surface area (Å²) in [4.78, 5) is 13.1. The molecule has 0 aliphatic heterocycles. The molecule has 1 heterocycles. The molecule has 2 aromatic carbocycles. The second-order valence-corrected chi connectivity index (χ2v) is 6.92. The number of carbonyl (C=O) groups excluding carboxylic acids is 1. The third kappa shape index (κ3) is 5.76. The second kappa shape index (κ2) is 10.0. The minimum absolute atomic E-state index is 0.232. The van der Waals surface area contributed by atoms with Crippen LogP contribution in [0.4, 0.5) is 14.9 Å². The van der Waals surface area contributed by atoms with E-state index < -0.39 is 0 Å². The number of halogens is 1. The molecule has 4 nitrogen and oxygen atoms in total. The molecule has 2 amide bonds. The van der Waals surface area contributed by atoms with Crippen molar-refractivity contribution in [2.45, 2.75) is 38.6 Å². The van der Waals surface area contributed by atoms with Crippen molar-refractivity contribution in [2.75, 3.05) is 11.6 Å². The van der Waals surface area contributed by atoms with Gasteiger partial charge in [0.15, 0.2) is 0 Å². The zero-order chi connectivity index (χ0) is 19.8. The molecule has 0 unspecified atom stereocenters. The van der Waals surface area contributed by atoms with Crippen molar-refractivity contribution in [3.05, 3.63) is 59.6 Å². The fourth-order valence-electron chi connectivity index (χ4n) is 2.45. The van der Waals surface area contributed by atoms with Gasteiger partial charge in [0, 0.05) is 21.5 Å². The highest BCUT2D eigenvalue weighted by atomic mass is 32.2. The highest BCUT2D eigenvalue weighted by Gasteiger charge is 2.12.